The van der Waals surface area contributed by atoms with Crippen molar-refractivity contribution in [3.05, 3.63) is 64.7 Å². The van der Waals surface area contributed by atoms with Crippen LogP contribution in [-0.2, 0) is 16.1 Å². The van der Waals surface area contributed by atoms with E-state index in [-0.39, 0.29) is 11.8 Å². The van der Waals surface area contributed by atoms with E-state index in [4.69, 9.17) is 11.6 Å². The van der Waals surface area contributed by atoms with Gasteiger partial charge in [-0.1, -0.05) is 41.9 Å². The van der Waals surface area contributed by atoms with Crippen LogP contribution in [0.4, 0.5) is 5.69 Å². The van der Waals surface area contributed by atoms with Gasteiger partial charge in [0.2, 0.25) is 11.8 Å². The molecule has 1 aliphatic rings. The van der Waals surface area contributed by atoms with Gasteiger partial charge in [0.05, 0.1) is 0 Å². The van der Waals surface area contributed by atoms with Gasteiger partial charge in [0.1, 0.15) is 5.41 Å². The first kappa shape index (κ1) is 16.5. The summed E-state index contributed by atoms with van der Waals surface area (Å²) in [4.78, 5) is 25.0. The summed E-state index contributed by atoms with van der Waals surface area (Å²) >= 11 is 5.85. The van der Waals surface area contributed by atoms with Crippen molar-refractivity contribution in [1.29, 1.82) is 0 Å². The molecule has 2 amide bonds. The Morgan fingerprint density at radius 1 is 1.04 bits per heavy atom. The molecule has 0 unspecified atom stereocenters. The molecule has 1 fully saturated rings. The summed E-state index contributed by atoms with van der Waals surface area (Å²) in [6, 6.07) is 14.8. The van der Waals surface area contributed by atoms with E-state index in [1.54, 1.807) is 12.1 Å². The van der Waals surface area contributed by atoms with Crippen LogP contribution in [0.3, 0.4) is 0 Å². The van der Waals surface area contributed by atoms with Crippen LogP contribution < -0.4 is 10.6 Å². The Labute approximate surface area is 146 Å². The van der Waals surface area contributed by atoms with Gasteiger partial charge in [-0.05, 0) is 49.1 Å². The van der Waals surface area contributed by atoms with Crippen LogP contribution in [0.15, 0.2) is 48.5 Å². The Hall–Kier alpha value is -2.33. The van der Waals surface area contributed by atoms with Crippen molar-refractivity contribution in [3.8, 4) is 0 Å². The zero-order valence-electron chi connectivity index (χ0n) is 13.4. The molecule has 1 saturated carbocycles. The third-order valence-electron chi connectivity index (χ3n) is 4.38. The predicted octanol–water partition coefficient (Wildman–Crippen LogP) is 3.68. The minimum absolute atomic E-state index is 0.219. The first-order chi connectivity index (χ1) is 11.5. The second-order valence-corrected chi connectivity index (χ2v) is 6.60. The lowest BCUT2D eigenvalue weighted by atomic mass is 10.0. The summed E-state index contributed by atoms with van der Waals surface area (Å²) in [5, 5.41) is 6.40. The van der Waals surface area contributed by atoms with E-state index in [9.17, 15) is 9.59 Å². The Balaban J connectivity index is 1.62. The molecule has 2 aromatic carbocycles. The number of anilines is 1. The molecule has 5 heteroatoms. The molecular weight excluding hydrogens is 324 g/mol. The van der Waals surface area contributed by atoms with Gasteiger partial charge in [-0.3, -0.25) is 9.59 Å². The highest BCUT2D eigenvalue weighted by Crippen LogP contribution is 2.47. The van der Waals surface area contributed by atoms with Crippen LogP contribution in [0.25, 0.3) is 0 Å². The number of hydrogen-bond donors (Lipinski definition) is 2. The number of carbonyl (C=O) groups excluding carboxylic acids is 2. The highest BCUT2D eigenvalue weighted by atomic mass is 35.5. The molecule has 0 aromatic heterocycles. The van der Waals surface area contributed by atoms with Crippen LogP contribution in [0.5, 0.6) is 0 Å². The second kappa shape index (κ2) is 6.65. The quantitative estimate of drug-likeness (QED) is 0.814. The maximum atomic E-state index is 12.6. The van der Waals surface area contributed by atoms with Crippen molar-refractivity contribution in [1.82, 2.24) is 5.32 Å². The maximum Gasteiger partial charge on any atom is 0.240 e. The smallest absolute Gasteiger partial charge is 0.240 e. The lowest BCUT2D eigenvalue weighted by Crippen LogP contribution is -2.39. The van der Waals surface area contributed by atoms with E-state index >= 15 is 0 Å². The second-order valence-electron chi connectivity index (χ2n) is 6.16. The highest BCUT2D eigenvalue weighted by molar-refractivity contribution is 6.30. The zero-order chi connectivity index (χ0) is 17.2. The van der Waals surface area contributed by atoms with Crippen LogP contribution in [0.1, 0.15) is 24.0 Å². The van der Waals surface area contributed by atoms with Crippen molar-refractivity contribution in [2.45, 2.75) is 26.3 Å². The maximum absolute atomic E-state index is 12.6. The molecule has 2 N–H and O–H groups in total. The number of halogens is 1. The molecule has 0 atom stereocenters. The summed E-state index contributed by atoms with van der Waals surface area (Å²) in [7, 11) is 0. The summed E-state index contributed by atoms with van der Waals surface area (Å²) in [5.41, 5.74) is 1.74. The Bertz CT molecular complexity index is 767. The predicted molar refractivity (Wildman–Crippen MR) is 94.8 cm³/mol. The first-order valence-electron chi connectivity index (χ1n) is 7.91. The molecule has 4 nitrogen and oxygen atoms in total. The van der Waals surface area contributed by atoms with E-state index in [0.717, 1.165) is 16.8 Å². The van der Waals surface area contributed by atoms with Crippen LogP contribution in [0, 0.1) is 12.3 Å². The Morgan fingerprint density at radius 3 is 2.33 bits per heavy atom. The minimum Gasteiger partial charge on any atom is -0.351 e. The Morgan fingerprint density at radius 2 is 1.71 bits per heavy atom. The van der Waals surface area contributed by atoms with Crippen molar-refractivity contribution >= 4 is 29.1 Å². The molecule has 0 radical (unpaired) electrons. The fourth-order valence-electron chi connectivity index (χ4n) is 2.59. The summed E-state index contributed by atoms with van der Waals surface area (Å²) < 4.78 is 0. The summed E-state index contributed by atoms with van der Waals surface area (Å²) in [6.45, 7) is 2.31. The third kappa shape index (κ3) is 3.44. The average Bonchev–Trinajstić information content (AvgIpc) is 3.38. The number of nitrogens with one attached hydrogen (secondary N) is 2. The van der Waals surface area contributed by atoms with Gasteiger partial charge >= 0.3 is 0 Å². The number of para-hydroxylation sites is 1. The summed E-state index contributed by atoms with van der Waals surface area (Å²) in [6.07, 6.45) is 1.16. The van der Waals surface area contributed by atoms with Gasteiger partial charge in [-0.2, -0.15) is 0 Å². The van der Waals surface area contributed by atoms with Crippen molar-refractivity contribution in [2.75, 3.05) is 5.32 Å². The van der Waals surface area contributed by atoms with E-state index in [0.29, 0.717) is 24.4 Å². The molecule has 3 rings (SSSR count). The van der Waals surface area contributed by atoms with E-state index in [2.05, 4.69) is 10.6 Å². The molecule has 0 bridgehead atoms. The number of benzene rings is 2. The van der Waals surface area contributed by atoms with Crippen LogP contribution in [0.2, 0.25) is 5.02 Å². The normalized spacial score (nSPS) is 14.8. The monoisotopic (exact) mass is 342 g/mol. The highest BCUT2D eigenvalue weighted by Gasteiger charge is 2.56. The third-order valence-corrected chi connectivity index (χ3v) is 4.63. The number of rotatable bonds is 5. The van der Waals surface area contributed by atoms with Gasteiger partial charge in [-0.25, -0.2) is 0 Å². The van der Waals surface area contributed by atoms with Gasteiger partial charge in [0, 0.05) is 17.3 Å². The molecule has 0 aliphatic heterocycles. The van der Waals surface area contributed by atoms with Gasteiger partial charge in [0.15, 0.2) is 0 Å². The van der Waals surface area contributed by atoms with Gasteiger partial charge in [0.25, 0.3) is 0 Å². The van der Waals surface area contributed by atoms with Crippen LogP contribution >= 0.6 is 11.6 Å². The fourth-order valence-corrected chi connectivity index (χ4v) is 2.72. The van der Waals surface area contributed by atoms with E-state index in [1.165, 1.54) is 0 Å². The molecule has 124 valence electrons. The number of hydrogen-bond acceptors (Lipinski definition) is 2. The molecule has 0 spiro atoms. The molecule has 24 heavy (non-hydrogen) atoms. The van der Waals surface area contributed by atoms with E-state index in [1.807, 2.05) is 43.3 Å². The minimum atomic E-state index is -0.936. The molecular formula is C19H19ClN2O2. The van der Waals surface area contributed by atoms with Gasteiger partial charge < -0.3 is 10.6 Å². The van der Waals surface area contributed by atoms with Crippen molar-refractivity contribution in [2.24, 2.45) is 5.41 Å². The lowest BCUT2D eigenvalue weighted by molar-refractivity contribution is -0.134. The van der Waals surface area contributed by atoms with Gasteiger partial charge in [-0.15, -0.1) is 0 Å². The average molecular weight is 343 g/mol. The standard InChI is InChI=1S/C19H19ClN2O2/c1-13-4-2-3-5-16(13)22-18(24)19(10-11-19)17(23)21-12-14-6-8-15(20)9-7-14/h2-9H,10-12H2,1H3,(H,21,23)(H,22,24). The first-order valence-corrected chi connectivity index (χ1v) is 8.29. The fraction of sp³-hybridized carbons (Fsp3) is 0.263. The number of carbonyl (C=O) groups is 2. The summed E-state index contributed by atoms with van der Waals surface area (Å²) in [5.74, 6) is -0.450. The Kier molecular flexibility index (Phi) is 4.58. The molecule has 0 saturated heterocycles. The molecule has 1 aliphatic carbocycles. The number of amides is 2. The largest absolute Gasteiger partial charge is 0.351 e. The zero-order valence-corrected chi connectivity index (χ0v) is 14.2. The van der Waals surface area contributed by atoms with Crippen LogP contribution in [-0.4, -0.2) is 11.8 Å². The number of aryl methyl sites for hydroxylation is 1. The van der Waals surface area contributed by atoms with Crippen molar-refractivity contribution in [3.63, 3.8) is 0 Å². The SMILES string of the molecule is Cc1ccccc1NC(=O)C1(C(=O)NCc2ccc(Cl)cc2)CC1. The lowest BCUT2D eigenvalue weighted by Gasteiger charge is -2.16. The topological polar surface area (TPSA) is 58.2 Å². The van der Waals surface area contributed by atoms with Crippen molar-refractivity contribution < 1.29 is 9.59 Å². The molecule has 0 heterocycles. The molecule has 2 aromatic rings. The van der Waals surface area contributed by atoms with E-state index < -0.39 is 5.41 Å².